The van der Waals surface area contributed by atoms with E-state index in [0.717, 1.165) is 12.1 Å². The van der Waals surface area contributed by atoms with Gasteiger partial charge in [-0.05, 0) is 6.42 Å². The summed E-state index contributed by atoms with van der Waals surface area (Å²) in [4.78, 5) is 15.6. The van der Waals surface area contributed by atoms with Crippen molar-refractivity contribution >= 4 is 5.91 Å². The Morgan fingerprint density at radius 3 is 2.86 bits per heavy atom. The van der Waals surface area contributed by atoms with Gasteiger partial charge in [-0.1, -0.05) is 5.21 Å². The molecule has 0 saturated carbocycles. The summed E-state index contributed by atoms with van der Waals surface area (Å²) in [6.07, 6.45) is 6.00. The summed E-state index contributed by atoms with van der Waals surface area (Å²) in [5.41, 5.74) is 0.810. The highest BCUT2D eigenvalue weighted by Crippen LogP contribution is 2.25. The molecule has 2 aromatic heterocycles. The Bertz CT molecular complexity index is 641. The molecule has 0 aliphatic carbocycles. The first-order chi connectivity index (χ1) is 10.8. The Morgan fingerprint density at radius 1 is 1.32 bits per heavy atom. The number of amides is 1. The molecule has 4 heterocycles. The number of likely N-dealkylation sites (tertiary alicyclic amines) is 1. The second-order valence-corrected chi connectivity index (χ2v) is 5.71. The van der Waals surface area contributed by atoms with Crippen LogP contribution in [0, 0.1) is 5.92 Å². The zero-order valence-electron chi connectivity index (χ0n) is 12.1. The summed E-state index contributed by atoms with van der Waals surface area (Å²) >= 11 is 0. The summed E-state index contributed by atoms with van der Waals surface area (Å²) < 4.78 is 7.10. The SMILES string of the molecule is O=C(C1CCOC1)N1CC(n2cc(Cn3nccn3)nn2)C1. The summed E-state index contributed by atoms with van der Waals surface area (Å²) in [6.45, 7) is 3.14. The molecule has 9 nitrogen and oxygen atoms in total. The Morgan fingerprint density at radius 2 is 2.14 bits per heavy atom. The maximum Gasteiger partial charge on any atom is 0.228 e. The largest absolute Gasteiger partial charge is 0.381 e. The molecule has 1 amide bonds. The number of ether oxygens (including phenoxy) is 1. The highest BCUT2D eigenvalue weighted by atomic mass is 16.5. The minimum Gasteiger partial charge on any atom is -0.381 e. The maximum atomic E-state index is 12.2. The van der Waals surface area contributed by atoms with E-state index in [2.05, 4.69) is 20.5 Å². The lowest BCUT2D eigenvalue weighted by molar-refractivity contribution is -0.141. The van der Waals surface area contributed by atoms with Crippen molar-refractivity contribution in [3.05, 3.63) is 24.3 Å². The van der Waals surface area contributed by atoms with E-state index in [1.807, 2.05) is 15.8 Å². The minimum atomic E-state index is 0.0400. The van der Waals surface area contributed by atoms with Crippen molar-refractivity contribution in [1.82, 2.24) is 34.9 Å². The molecule has 2 aliphatic rings. The van der Waals surface area contributed by atoms with Crippen molar-refractivity contribution in [2.45, 2.75) is 19.0 Å². The number of carbonyl (C=O) groups is 1. The van der Waals surface area contributed by atoms with Crippen LogP contribution in [0.3, 0.4) is 0 Å². The lowest BCUT2D eigenvalue weighted by atomic mass is 10.0. The third kappa shape index (κ3) is 2.47. The molecule has 0 radical (unpaired) electrons. The molecule has 22 heavy (non-hydrogen) atoms. The molecule has 2 aliphatic heterocycles. The molecule has 0 aromatic carbocycles. The van der Waals surface area contributed by atoms with Crippen molar-refractivity contribution in [1.29, 1.82) is 0 Å². The topological polar surface area (TPSA) is 91.0 Å². The van der Waals surface area contributed by atoms with Crippen molar-refractivity contribution in [2.24, 2.45) is 5.92 Å². The van der Waals surface area contributed by atoms with E-state index < -0.39 is 0 Å². The second kappa shape index (κ2) is 5.48. The summed E-state index contributed by atoms with van der Waals surface area (Å²) in [6, 6.07) is 0.207. The quantitative estimate of drug-likeness (QED) is 0.744. The van der Waals surface area contributed by atoms with Gasteiger partial charge in [0.15, 0.2) is 0 Å². The molecular formula is C13H17N7O2. The van der Waals surface area contributed by atoms with E-state index in [9.17, 15) is 4.79 Å². The van der Waals surface area contributed by atoms with Gasteiger partial charge in [0.25, 0.3) is 0 Å². The average molecular weight is 303 g/mol. The van der Waals surface area contributed by atoms with Gasteiger partial charge >= 0.3 is 0 Å². The highest BCUT2D eigenvalue weighted by molar-refractivity contribution is 5.80. The number of hydrogen-bond donors (Lipinski definition) is 0. The average Bonchev–Trinajstić information content (AvgIpc) is 3.19. The number of rotatable bonds is 4. The van der Waals surface area contributed by atoms with Gasteiger partial charge in [0.1, 0.15) is 12.2 Å². The Labute approximate surface area is 126 Å². The van der Waals surface area contributed by atoms with E-state index in [-0.39, 0.29) is 17.9 Å². The van der Waals surface area contributed by atoms with Crippen LogP contribution in [-0.2, 0) is 16.1 Å². The minimum absolute atomic E-state index is 0.0400. The summed E-state index contributed by atoms with van der Waals surface area (Å²) in [7, 11) is 0. The molecule has 1 unspecified atom stereocenters. The van der Waals surface area contributed by atoms with Crippen molar-refractivity contribution in [3.63, 3.8) is 0 Å². The number of nitrogens with zero attached hydrogens (tertiary/aromatic N) is 7. The third-order valence-electron chi connectivity index (χ3n) is 4.15. The zero-order chi connectivity index (χ0) is 14.9. The van der Waals surface area contributed by atoms with Crippen LogP contribution in [-0.4, -0.2) is 67.1 Å². The highest BCUT2D eigenvalue weighted by Gasteiger charge is 2.37. The van der Waals surface area contributed by atoms with E-state index in [4.69, 9.17) is 4.74 Å². The first-order valence-electron chi connectivity index (χ1n) is 7.41. The first-order valence-corrected chi connectivity index (χ1v) is 7.41. The molecule has 2 aromatic rings. The van der Waals surface area contributed by atoms with Crippen molar-refractivity contribution in [3.8, 4) is 0 Å². The normalized spacial score (nSPS) is 22.0. The standard InChI is InChI=1S/C13H17N7O2/c21-13(10-1-4-22-9-10)18-7-12(8-18)19-5-11(16-17-19)6-20-14-2-3-15-20/h2-3,5,10,12H,1,4,6-9H2. The molecular weight excluding hydrogens is 286 g/mol. The molecule has 4 rings (SSSR count). The van der Waals surface area contributed by atoms with E-state index in [0.29, 0.717) is 32.8 Å². The maximum absolute atomic E-state index is 12.2. The van der Waals surface area contributed by atoms with Crippen LogP contribution in [0.1, 0.15) is 18.2 Å². The predicted molar refractivity (Wildman–Crippen MR) is 73.7 cm³/mol. The van der Waals surface area contributed by atoms with Gasteiger partial charge in [0, 0.05) is 19.7 Å². The molecule has 0 spiro atoms. The van der Waals surface area contributed by atoms with Crippen LogP contribution in [0.5, 0.6) is 0 Å². The number of carbonyl (C=O) groups excluding carboxylic acids is 1. The van der Waals surface area contributed by atoms with E-state index >= 15 is 0 Å². The van der Waals surface area contributed by atoms with Gasteiger partial charge in [-0.25, -0.2) is 4.68 Å². The first kappa shape index (κ1) is 13.4. The van der Waals surface area contributed by atoms with Crippen LogP contribution in [0.15, 0.2) is 18.6 Å². The van der Waals surface area contributed by atoms with Gasteiger partial charge in [0.05, 0.1) is 37.2 Å². The number of aromatic nitrogens is 6. The van der Waals surface area contributed by atoms with Gasteiger partial charge in [-0.3, -0.25) is 4.79 Å². The van der Waals surface area contributed by atoms with E-state index in [1.54, 1.807) is 17.2 Å². The molecule has 0 N–H and O–H groups in total. The molecule has 9 heteroatoms. The second-order valence-electron chi connectivity index (χ2n) is 5.71. The lowest BCUT2D eigenvalue weighted by Gasteiger charge is -2.40. The lowest BCUT2D eigenvalue weighted by Crippen LogP contribution is -2.52. The third-order valence-corrected chi connectivity index (χ3v) is 4.15. The molecule has 2 fully saturated rings. The van der Waals surface area contributed by atoms with Gasteiger partial charge in [-0.2, -0.15) is 15.0 Å². The molecule has 1 atom stereocenters. The van der Waals surface area contributed by atoms with Crippen LogP contribution in [0.25, 0.3) is 0 Å². The van der Waals surface area contributed by atoms with Crippen LogP contribution in [0.4, 0.5) is 0 Å². The molecule has 2 saturated heterocycles. The fraction of sp³-hybridized carbons (Fsp3) is 0.615. The van der Waals surface area contributed by atoms with Crippen molar-refractivity contribution in [2.75, 3.05) is 26.3 Å². The Balaban J connectivity index is 1.33. The summed E-state index contributed by atoms with van der Waals surface area (Å²) in [5, 5.41) is 16.4. The smallest absolute Gasteiger partial charge is 0.228 e. The van der Waals surface area contributed by atoms with Gasteiger partial charge in [-0.15, -0.1) is 5.10 Å². The molecule has 116 valence electrons. The van der Waals surface area contributed by atoms with E-state index in [1.165, 1.54) is 0 Å². The fourth-order valence-electron chi connectivity index (χ4n) is 2.82. The number of hydrogen-bond acceptors (Lipinski definition) is 6. The molecule has 0 bridgehead atoms. The Kier molecular flexibility index (Phi) is 3.34. The van der Waals surface area contributed by atoms with Gasteiger partial charge in [0.2, 0.25) is 5.91 Å². The Hall–Kier alpha value is -2.29. The monoisotopic (exact) mass is 303 g/mol. The zero-order valence-corrected chi connectivity index (χ0v) is 12.1. The van der Waals surface area contributed by atoms with Crippen LogP contribution in [0.2, 0.25) is 0 Å². The van der Waals surface area contributed by atoms with Crippen LogP contribution < -0.4 is 0 Å². The fourth-order valence-corrected chi connectivity index (χ4v) is 2.82. The van der Waals surface area contributed by atoms with Crippen LogP contribution >= 0.6 is 0 Å². The van der Waals surface area contributed by atoms with Crippen molar-refractivity contribution < 1.29 is 9.53 Å². The predicted octanol–water partition coefficient (Wildman–Crippen LogP) is -0.662. The summed E-state index contributed by atoms with van der Waals surface area (Å²) in [5.74, 6) is 0.243. The van der Waals surface area contributed by atoms with Gasteiger partial charge < -0.3 is 9.64 Å².